The van der Waals surface area contributed by atoms with Crippen molar-refractivity contribution in [3.05, 3.63) is 33.6 Å². The minimum Gasteiger partial charge on any atom is -0.205 e. The second kappa shape index (κ2) is 6.12. The fourth-order valence-corrected chi connectivity index (χ4v) is 1.70. The molecule has 0 amide bonds. The first-order chi connectivity index (χ1) is 6.95. The number of aryl methyl sites for hydroxylation is 1. The Labute approximate surface area is 97.5 Å². The lowest BCUT2D eigenvalue weighted by Gasteiger charge is -2.12. The topological polar surface area (TPSA) is 0 Å². The molecular formula is C13H20ClF. The maximum atomic E-state index is 13.5. The minimum absolute atomic E-state index is 0.265. The molecule has 0 aliphatic rings. The van der Waals surface area contributed by atoms with Crippen molar-refractivity contribution in [1.82, 2.24) is 0 Å². The molecule has 0 fully saturated rings. The van der Waals surface area contributed by atoms with E-state index in [1.807, 2.05) is 40.7 Å². The van der Waals surface area contributed by atoms with Gasteiger partial charge in [0.2, 0.25) is 0 Å². The highest BCUT2D eigenvalue weighted by atomic mass is 35.5. The molecule has 0 N–H and O–H groups in total. The third-order valence-corrected chi connectivity index (χ3v) is 2.75. The number of hydrogen-bond acceptors (Lipinski definition) is 0. The van der Waals surface area contributed by atoms with E-state index in [0.717, 1.165) is 11.1 Å². The molecule has 0 unspecified atom stereocenters. The summed E-state index contributed by atoms with van der Waals surface area (Å²) in [5.74, 6) is -0.00772. The van der Waals surface area contributed by atoms with Crippen LogP contribution in [0.2, 0.25) is 5.02 Å². The zero-order valence-corrected chi connectivity index (χ0v) is 11.2. The van der Waals surface area contributed by atoms with Crippen LogP contribution in [0.4, 0.5) is 4.39 Å². The van der Waals surface area contributed by atoms with Crippen molar-refractivity contribution in [1.29, 1.82) is 0 Å². The predicted molar refractivity (Wildman–Crippen MR) is 66.3 cm³/mol. The van der Waals surface area contributed by atoms with Gasteiger partial charge in [0.05, 0.1) is 5.02 Å². The van der Waals surface area contributed by atoms with Gasteiger partial charge in [-0.1, -0.05) is 45.4 Å². The van der Waals surface area contributed by atoms with Crippen molar-refractivity contribution in [2.24, 2.45) is 0 Å². The van der Waals surface area contributed by atoms with E-state index in [2.05, 4.69) is 0 Å². The van der Waals surface area contributed by atoms with Gasteiger partial charge in [-0.3, -0.25) is 0 Å². The van der Waals surface area contributed by atoms with Crippen molar-refractivity contribution < 1.29 is 4.39 Å². The molecule has 0 spiro atoms. The van der Waals surface area contributed by atoms with Crippen molar-refractivity contribution in [2.45, 2.75) is 47.5 Å². The molecule has 0 aliphatic heterocycles. The summed E-state index contributed by atoms with van der Waals surface area (Å²) >= 11 is 5.89. The Balaban J connectivity index is 0.000000921. The summed E-state index contributed by atoms with van der Waals surface area (Å²) in [6, 6.07) is 1.96. The van der Waals surface area contributed by atoms with Crippen LogP contribution in [-0.2, 0) is 0 Å². The molecule has 0 saturated heterocycles. The van der Waals surface area contributed by atoms with Crippen LogP contribution in [0.5, 0.6) is 0 Å². The molecule has 0 aliphatic carbocycles. The third kappa shape index (κ3) is 3.20. The molecule has 0 bridgehead atoms. The molecule has 0 aromatic heterocycles. The van der Waals surface area contributed by atoms with E-state index in [0.29, 0.717) is 5.56 Å². The fraction of sp³-hybridized carbons (Fsp3) is 0.538. The highest BCUT2D eigenvalue weighted by molar-refractivity contribution is 6.31. The summed E-state index contributed by atoms with van der Waals surface area (Å²) in [4.78, 5) is 0. The van der Waals surface area contributed by atoms with Gasteiger partial charge < -0.3 is 0 Å². The van der Waals surface area contributed by atoms with E-state index in [4.69, 9.17) is 11.6 Å². The van der Waals surface area contributed by atoms with Crippen LogP contribution in [0.3, 0.4) is 0 Å². The lowest BCUT2D eigenvalue weighted by atomic mass is 9.98. The largest absolute Gasteiger partial charge is 0.205 e. The van der Waals surface area contributed by atoms with Crippen LogP contribution in [0.15, 0.2) is 6.07 Å². The number of benzene rings is 1. The average Bonchev–Trinajstić information content (AvgIpc) is 2.23. The summed E-state index contributed by atoms with van der Waals surface area (Å²) < 4.78 is 13.5. The van der Waals surface area contributed by atoms with Crippen molar-refractivity contribution in [3.63, 3.8) is 0 Å². The lowest BCUT2D eigenvalue weighted by Crippen LogP contribution is -1.97. The van der Waals surface area contributed by atoms with Crippen LogP contribution in [0.1, 0.15) is 50.3 Å². The van der Waals surface area contributed by atoms with Gasteiger partial charge in [0.1, 0.15) is 5.82 Å². The zero-order chi connectivity index (χ0) is 12.2. The molecule has 0 atom stereocenters. The van der Waals surface area contributed by atoms with Gasteiger partial charge in [-0.05, 0) is 36.5 Å². The Kier molecular flexibility index (Phi) is 5.89. The Hall–Kier alpha value is -0.560. The first kappa shape index (κ1) is 14.4. The van der Waals surface area contributed by atoms with Crippen molar-refractivity contribution in [3.8, 4) is 0 Å². The highest BCUT2D eigenvalue weighted by Crippen LogP contribution is 2.30. The smallest absolute Gasteiger partial charge is 0.145 e. The predicted octanol–water partition coefficient (Wildman–Crippen LogP) is 5.25. The van der Waals surface area contributed by atoms with E-state index in [-0.39, 0.29) is 16.8 Å². The summed E-state index contributed by atoms with van der Waals surface area (Å²) in [6.45, 7) is 11.7. The first-order valence-electron chi connectivity index (χ1n) is 5.40. The Bertz CT molecular complexity index is 330. The summed E-state index contributed by atoms with van der Waals surface area (Å²) in [7, 11) is 0. The van der Waals surface area contributed by atoms with Crippen LogP contribution >= 0.6 is 11.6 Å². The van der Waals surface area contributed by atoms with Crippen molar-refractivity contribution in [2.75, 3.05) is 0 Å². The summed E-state index contributed by atoms with van der Waals surface area (Å²) in [5, 5.41) is 0.276. The Morgan fingerprint density at radius 1 is 1.20 bits per heavy atom. The molecule has 0 nitrogen and oxygen atoms in total. The van der Waals surface area contributed by atoms with Crippen LogP contribution in [0.25, 0.3) is 0 Å². The molecule has 15 heavy (non-hydrogen) atoms. The second-order valence-electron chi connectivity index (χ2n) is 3.69. The quantitative estimate of drug-likeness (QED) is 0.619. The molecule has 1 aromatic rings. The third-order valence-electron chi connectivity index (χ3n) is 2.36. The van der Waals surface area contributed by atoms with Crippen LogP contribution in [0, 0.1) is 19.7 Å². The summed E-state index contributed by atoms with van der Waals surface area (Å²) in [5.41, 5.74) is 2.50. The van der Waals surface area contributed by atoms with E-state index in [1.54, 1.807) is 6.92 Å². The number of rotatable bonds is 1. The maximum Gasteiger partial charge on any atom is 0.145 e. The van der Waals surface area contributed by atoms with E-state index < -0.39 is 0 Å². The van der Waals surface area contributed by atoms with Gasteiger partial charge in [-0.15, -0.1) is 0 Å². The molecule has 0 radical (unpaired) electrons. The Morgan fingerprint density at radius 3 is 2.07 bits per heavy atom. The molecule has 1 aromatic carbocycles. The molecule has 1 rings (SSSR count). The highest BCUT2D eigenvalue weighted by Gasteiger charge is 2.13. The first-order valence-corrected chi connectivity index (χ1v) is 5.78. The second-order valence-corrected chi connectivity index (χ2v) is 4.07. The number of hydrogen-bond donors (Lipinski definition) is 0. The zero-order valence-electron chi connectivity index (χ0n) is 10.4. The average molecular weight is 231 g/mol. The standard InChI is InChI=1S/C11H14ClF.C2H6/c1-6(2)9-5-7(3)8(4)11(13)10(9)12;1-2/h5-6H,1-4H3;1-2H3. The van der Waals surface area contributed by atoms with Gasteiger partial charge in [0.15, 0.2) is 0 Å². The monoisotopic (exact) mass is 230 g/mol. The van der Waals surface area contributed by atoms with Gasteiger partial charge in [0.25, 0.3) is 0 Å². The molecule has 0 saturated carbocycles. The van der Waals surface area contributed by atoms with E-state index in [1.165, 1.54) is 0 Å². The van der Waals surface area contributed by atoms with E-state index >= 15 is 0 Å². The van der Waals surface area contributed by atoms with Crippen molar-refractivity contribution >= 4 is 11.6 Å². The van der Waals surface area contributed by atoms with Gasteiger partial charge in [0, 0.05) is 0 Å². The minimum atomic E-state index is -0.273. The van der Waals surface area contributed by atoms with Crippen LogP contribution in [-0.4, -0.2) is 0 Å². The molecule has 86 valence electrons. The SMILES string of the molecule is CC.Cc1cc(C(C)C)c(Cl)c(F)c1C. The fourth-order valence-electron chi connectivity index (χ4n) is 1.29. The molecule has 0 heterocycles. The lowest BCUT2D eigenvalue weighted by molar-refractivity contribution is 0.612. The molecular weight excluding hydrogens is 211 g/mol. The van der Waals surface area contributed by atoms with Gasteiger partial charge in [-0.2, -0.15) is 0 Å². The van der Waals surface area contributed by atoms with E-state index in [9.17, 15) is 4.39 Å². The Morgan fingerprint density at radius 2 is 1.67 bits per heavy atom. The normalized spacial score (nSPS) is 9.93. The van der Waals surface area contributed by atoms with Crippen LogP contribution < -0.4 is 0 Å². The van der Waals surface area contributed by atoms with Gasteiger partial charge >= 0.3 is 0 Å². The molecule has 2 heteroatoms. The maximum absolute atomic E-state index is 13.5. The number of halogens is 2. The summed E-state index contributed by atoms with van der Waals surface area (Å²) in [6.07, 6.45) is 0. The van der Waals surface area contributed by atoms with Gasteiger partial charge in [-0.25, -0.2) is 4.39 Å².